The van der Waals surface area contributed by atoms with Gasteiger partial charge in [-0.1, -0.05) is 0 Å². The first kappa shape index (κ1) is 14.9. The predicted molar refractivity (Wildman–Crippen MR) is 86.1 cm³/mol. The highest BCUT2D eigenvalue weighted by Gasteiger charge is 2.13. The molecule has 2 aromatic carbocycles. The molecule has 0 radical (unpaired) electrons. The van der Waals surface area contributed by atoms with Crippen molar-refractivity contribution in [3.8, 4) is 29.4 Å². The van der Waals surface area contributed by atoms with E-state index in [1.54, 1.807) is 24.3 Å². The monoisotopic (exact) mass is 391 g/mol. The molecule has 0 atom stereocenters. The molecule has 5 nitrogen and oxygen atoms in total. The fraction of sp³-hybridized carbons (Fsp3) is 0.0667. The van der Waals surface area contributed by atoms with Gasteiger partial charge in [-0.05, 0) is 46.9 Å². The van der Waals surface area contributed by atoms with E-state index in [1.165, 1.54) is 13.2 Å². The molecule has 21 heavy (non-hydrogen) atoms. The van der Waals surface area contributed by atoms with Crippen LogP contribution in [0.1, 0.15) is 11.1 Å². The summed E-state index contributed by atoms with van der Waals surface area (Å²) >= 11 is 2.03. The first-order chi connectivity index (χ1) is 10.1. The molecule has 0 fully saturated rings. The Kier molecular flexibility index (Phi) is 4.51. The predicted octanol–water partition coefficient (Wildman–Crippen LogP) is 3.42. The summed E-state index contributed by atoms with van der Waals surface area (Å²) in [7, 11) is 1.53. The maximum Gasteiger partial charge on any atom is 0.163 e. The van der Waals surface area contributed by atoms with Crippen LogP contribution in [0.15, 0.2) is 30.3 Å². The zero-order chi connectivity index (χ0) is 15.4. The van der Waals surface area contributed by atoms with E-state index in [-0.39, 0.29) is 0 Å². The fourth-order valence-electron chi connectivity index (χ4n) is 1.70. The van der Waals surface area contributed by atoms with E-state index in [4.69, 9.17) is 25.7 Å². The van der Waals surface area contributed by atoms with Gasteiger partial charge in [-0.25, -0.2) is 0 Å². The number of anilines is 1. The Morgan fingerprint density at radius 3 is 2.48 bits per heavy atom. The van der Waals surface area contributed by atoms with Crippen LogP contribution in [0.4, 0.5) is 5.69 Å². The first-order valence-corrected chi connectivity index (χ1v) is 6.92. The third kappa shape index (κ3) is 3.18. The number of rotatable bonds is 3. The van der Waals surface area contributed by atoms with E-state index in [2.05, 4.69) is 6.07 Å². The Hall–Kier alpha value is -2.45. The van der Waals surface area contributed by atoms with E-state index in [1.807, 2.05) is 28.7 Å². The topological polar surface area (TPSA) is 92.1 Å². The maximum absolute atomic E-state index is 9.13. The molecule has 0 aromatic heterocycles. The molecule has 2 rings (SSSR count). The zero-order valence-electron chi connectivity index (χ0n) is 11.1. The Bertz CT molecular complexity index is 752. The number of ether oxygens (including phenoxy) is 2. The number of methoxy groups -OCH3 is 1. The fourth-order valence-corrected chi connectivity index (χ4v) is 2.46. The summed E-state index contributed by atoms with van der Waals surface area (Å²) in [6.45, 7) is 0. The first-order valence-electron chi connectivity index (χ1n) is 5.84. The van der Waals surface area contributed by atoms with Gasteiger partial charge in [0.15, 0.2) is 5.75 Å². The molecule has 0 saturated carbocycles. The number of nitrogens with zero attached hydrogens (tertiary/aromatic N) is 2. The summed E-state index contributed by atoms with van der Waals surface area (Å²) in [5, 5.41) is 18.0. The lowest BCUT2D eigenvalue weighted by Gasteiger charge is -2.13. The maximum atomic E-state index is 9.13. The molecule has 0 amide bonds. The molecule has 104 valence electrons. The number of nitrogens with two attached hydrogens (primary N) is 1. The summed E-state index contributed by atoms with van der Waals surface area (Å²) in [5.41, 5.74) is 7.08. The van der Waals surface area contributed by atoms with Gasteiger partial charge in [-0.15, -0.1) is 0 Å². The van der Waals surface area contributed by atoms with Crippen LogP contribution in [-0.2, 0) is 0 Å². The third-order valence-corrected chi connectivity index (χ3v) is 3.52. The highest BCUT2D eigenvalue weighted by molar-refractivity contribution is 14.1. The van der Waals surface area contributed by atoms with Crippen LogP contribution in [0, 0.1) is 26.2 Å². The quantitative estimate of drug-likeness (QED) is 0.640. The number of benzene rings is 2. The van der Waals surface area contributed by atoms with Crippen molar-refractivity contribution < 1.29 is 9.47 Å². The van der Waals surface area contributed by atoms with Gasteiger partial charge in [0.25, 0.3) is 0 Å². The molecule has 0 unspecified atom stereocenters. The standard InChI is InChI=1S/C15H10IN3O2/c1-20-11-3-2-10(8-18)14(6-11)21-15-12(16)4-9(7-17)5-13(15)19/h2-6H,19H2,1H3. The Balaban J connectivity index is 2.48. The van der Waals surface area contributed by atoms with Crippen LogP contribution in [0.2, 0.25) is 0 Å². The summed E-state index contributed by atoms with van der Waals surface area (Å²) in [4.78, 5) is 0. The average molecular weight is 391 g/mol. The number of nitriles is 2. The van der Waals surface area contributed by atoms with Gasteiger partial charge in [0.2, 0.25) is 0 Å². The van der Waals surface area contributed by atoms with Crippen LogP contribution in [-0.4, -0.2) is 7.11 Å². The summed E-state index contributed by atoms with van der Waals surface area (Å²) in [6, 6.07) is 12.2. The van der Waals surface area contributed by atoms with Crippen molar-refractivity contribution in [1.82, 2.24) is 0 Å². The van der Waals surface area contributed by atoms with E-state index in [0.717, 1.165) is 0 Å². The number of hydrogen-bond acceptors (Lipinski definition) is 5. The molecular weight excluding hydrogens is 381 g/mol. The molecule has 6 heteroatoms. The highest BCUT2D eigenvalue weighted by Crippen LogP contribution is 2.36. The molecule has 2 N–H and O–H groups in total. The van der Waals surface area contributed by atoms with Crippen molar-refractivity contribution in [3.05, 3.63) is 45.0 Å². The van der Waals surface area contributed by atoms with Crippen LogP contribution in [0.25, 0.3) is 0 Å². The van der Waals surface area contributed by atoms with E-state index >= 15 is 0 Å². The van der Waals surface area contributed by atoms with Crippen LogP contribution < -0.4 is 15.2 Å². The van der Waals surface area contributed by atoms with Crippen LogP contribution >= 0.6 is 22.6 Å². The number of nitrogen functional groups attached to an aromatic ring is 1. The van der Waals surface area contributed by atoms with Crippen molar-refractivity contribution in [2.45, 2.75) is 0 Å². The summed E-state index contributed by atoms with van der Waals surface area (Å²) in [5.74, 6) is 1.34. The number of halogens is 1. The lowest BCUT2D eigenvalue weighted by molar-refractivity contribution is 0.408. The second-order valence-electron chi connectivity index (χ2n) is 4.06. The minimum Gasteiger partial charge on any atom is -0.497 e. The second kappa shape index (κ2) is 6.33. The molecule has 0 saturated heterocycles. The normalized spacial score (nSPS) is 9.52. The van der Waals surface area contributed by atoms with Gasteiger partial charge in [0.1, 0.15) is 17.6 Å². The Labute approximate surface area is 135 Å². The largest absolute Gasteiger partial charge is 0.497 e. The molecule has 0 spiro atoms. The molecule has 2 aromatic rings. The molecular formula is C15H10IN3O2. The van der Waals surface area contributed by atoms with Gasteiger partial charge < -0.3 is 15.2 Å². The van der Waals surface area contributed by atoms with E-state index < -0.39 is 0 Å². The van der Waals surface area contributed by atoms with Crippen molar-refractivity contribution in [3.63, 3.8) is 0 Å². The lowest BCUT2D eigenvalue weighted by Crippen LogP contribution is -1.98. The van der Waals surface area contributed by atoms with Crippen molar-refractivity contribution in [2.24, 2.45) is 0 Å². The van der Waals surface area contributed by atoms with Crippen LogP contribution in [0.5, 0.6) is 17.2 Å². The van der Waals surface area contributed by atoms with E-state index in [9.17, 15) is 0 Å². The summed E-state index contributed by atoms with van der Waals surface area (Å²) < 4.78 is 11.6. The minimum absolute atomic E-state index is 0.338. The van der Waals surface area contributed by atoms with Gasteiger partial charge >= 0.3 is 0 Å². The van der Waals surface area contributed by atoms with Gasteiger partial charge in [0, 0.05) is 6.07 Å². The van der Waals surface area contributed by atoms with Crippen molar-refractivity contribution in [1.29, 1.82) is 10.5 Å². The Morgan fingerprint density at radius 1 is 1.14 bits per heavy atom. The van der Waals surface area contributed by atoms with Crippen LogP contribution in [0.3, 0.4) is 0 Å². The third-order valence-electron chi connectivity index (χ3n) is 2.72. The van der Waals surface area contributed by atoms with Gasteiger partial charge in [-0.2, -0.15) is 10.5 Å². The van der Waals surface area contributed by atoms with Crippen molar-refractivity contribution in [2.75, 3.05) is 12.8 Å². The van der Waals surface area contributed by atoms with Gasteiger partial charge in [0.05, 0.1) is 33.6 Å². The molecule has 0 aliphatic carbocycles. The Morgan fingerprint density at radius 2 is 1.90 bits per heavy atom. The molecule has 0 aliphatic heterocycles. The van der Waals surface area contributed by atoms with Gasteiger partial charge in [-0.3, -0.25) is 0 Å². The molecule has 0 heterocycles. The zero-order valence-corrected chi connectivity index (χ0v) is 13.2. The second-order valence-corrected chi connectivity index (χ2v) is 5.23. The molecule has 0 aliphatic rings. The average Bonchev–Trinajstić information content (AvgIpc) is 2.50. The molecule has 0 bridgehead atoms. The summed E-state index contributed by atoms with van der Waals surface area (Å²) in [6.07, 6.45) is 0. The smallest absolute Gasteiger partial charge is 0.163 e. The SMILES string of the molecule is COc1ccc(C#N)c(Oc2c(N)cc(C#N)cc2I)c1. The van der Waals surface area contributed by atoms with E-state index in [0.29, 0.717) is 37.6 Å². The highest BCUT2D eigenvalue weighted by atomic mass is 127. The minimum atomic E-state index is 0.338. The van der Waals surface area contributed by atoms with Crippen molar-refractivity contribution >= 4 is 28.3 Å². The number of hydrogen-bond donors (Lipinski definition) is 1. The lowest BCUT2D eigenvalue weighted by atomic mass is 10.2.